The van der Waals surface area contributed by atoms with Gasteiger partial charge in [-0.15, -0.1) is 11.3 Å². The van der Waals surface area contributed by atoms with Gasteiger partial charge < -0.3 is 15.0 Å². The van der Waals surface area contributed by atoms with Gasteiger partial charge in [-0.05, 0) is 31.1 Å². The Bertz CT molecular complexity index is 1590. The number of nitrogens with one attached hydrogen (secondary N) is 2. The highest BCUT2D eigenvalue weighted by atomic mass is 32.1. The van der Waals surface area contributed by atoms with Crippen LogP contribution in [-0.4, -0.2) is 59.6 Å². The maximum absolute atomic E-state index is 12.8. The summed E-state index contributed by atoms with van der Waals surface area (Å²) in [7, 11) is 0. The summed E-state index contributed by atoms with van der Waals surface area (Å²) in [5.74, 6) is -0.248. The highest BCUT2D eigenvalue weighted by Gasteiger charge is 2.22. The minimum Gasteiger partial charge on any atom is -0.493 e. The summed E-state index contributed by atoms with van der Waals surface area (Å²) in [6.45, 7) is 1.26. The summed E-state index contributed by atoms with van der Waals surface area (Å²) >= 11 is 1.40. The molecule has 11 heteroatoms. The van der Waals surface area contributed by atoms with E-state index in [0.29, 0.717) is 40.0 Å². The van der Waals surface area contributed by atoms with Gasteiger partial charge in [0.15, 0.2) is 11.1 Å². The Morgan fingerprint density at radius 2 is 2.06 bits per heavy atom. The number of nitrogens with zero attached hydrogens (tertiary/aromatic N) is 5. The van der Waals surface area contributed by atoms with Gasteiger partial charge in [-0.3, -0.25) is 14.8 Å². The quantitative estimate of drug-likeness (QED) is 0.387. The standard InChI is InChI=1S/C22H19N7O3S/c30-20-15(26-22(32)27-20)9-12-11-23-29-18(24-13-3-4-13)10-14(25-19(12)29)16-5-6-17(33-16)21(31)28-7-1-2-8-28/h1-2,5-6,9-11,13,30H,3-4,7-8H2,(H2,26,27,32)/b12-9-,24-18?. The fraction of sp³-hybridized carbons (Fsp3) is 0.227. The van der Waals surface area contributed by atoms with Gasteiger partial charge in [0, 0.05) is 24.4 Å². The molecule has 0 spiro atoms. The Labute approximate surface area is 190 Å². The molecule has 4 aromatic heterocycles. The second kappa shape index (κ2) is 7.55. The lowest BCUT2D eigenvalue weighted by Gasteiger charge is -2.13. The smallest absolute Gasteiger partial charge is 0.326 e. The lowest BCUT2D eigenvalue weighted by Crippen LogP contribution is -2.27. The molecule has 166 valence electrons. The minimum absolute atomic E-state index is 0.00508. The van der Waals surface area contributed by atoms with Crippen LogP contribution >= 0.6 is 11.3 Å². The number of thiophene rings is 1. The summed E-state index contributed by atoms with van der Waals surface area (Å²) in [5.41, 5.74) is 1.64. The SMILES string of the molecule is O=C(c1ccc(-c2cc(=NC3CC3)n3nc/c(=C/c4[nH]c(=O)[nH]c4O)c3n2)s1)N1CC=CC1. The van der Waals surface area contributed by atoms with Crippen LogP contribution in [0.3, 0.4) is 0 Å². The largest absolute Gasteiger partial charge is 0.493 e. The minimum atomic E-state index is -0.503. The highest BCUT2D eigenvalue weighted by molar-refractivity contribution is 7.17. The molecule has 0 bridgehead atoms. The van der Waals surface area contributed by atoms with Gasteiger partial charge in [0.2, 0.25) is 5.88 Å². The fourth-order valence-corrected chi connectivity index (χ4v) is 4.65. The van der Waals surface area contributed by atoms with Crippen LogP contribution in [0, 0.1) is 0 Å². The number of H-pyrrole nitrogens is 2. The predicted molar refractivity (Wildman–Crippen MR) is 122 cm³/mol. The van der Waals surface area contributed by atoms with Gasteiger partial charge in [-0.2, -0.15) is 9.61 Å². The zero-order valence-corrected chi connectivity index (χ0v) is 18.2. The van der Waals surface area contributed by atoms with Crippen molar-refractivity contribution in [2.24, 2.45) is 4.99 Å². The Balaban J connectivity index is 1.48. The van der Waals surface area contributed by atoms with Gasteiger partial charge in [-0.1, -0.05) is 12.2 Å². The molecule has 33 heavy (non-hydrogen) atoms. The lowest BCUT2D eigenvalue weighted by atomic mass is 10.3. The van der Waals surface area contributed by atoms with Crippen molar-refractivity contribution in [1.82, 2.24) is 29.5 Å². The van der Waals surface area contributed by atoms with Gasteiger partial charge >= 0.3 is 5.69 Å². The molecular formula is C22H19N7O3S. The number of rotatable bonds is 4. The zero-order valence-electron chi connectivity index (χ0n) is 17.4. The highest BCUT2D eigenvalue weighted by Crippen LogP contribution is 2.28. The number of hydrogen-bond acceptors (Lipinski definition) is 7. The third kappa shape index (κ3) is 3.65. The fourth-order valence-electron chi connectivity index (χ4n) is 3.71. The summed E-state index contributed by atoms with van der Waals surface area (Å²) in [6, 6.07) is 5.88. The van der Waals surface area contributed by atoms with E-state index in [-0.39, 0.29) is 23.5 Å². The Morgan fingerprint density at radius 3 is 2.79 bits per heavy atom. The number of fused-ring (bicyclic) bond motifs is 1. The van der Waals surface area contributed by atoms with Crippen molar-refractivity contribution in [3.05, 3.63) is 68.3 Å². The number of amides is 1. The Kier molecular flexibility index (Phi) is 4.50. The maximum atomic E-state index is 12.8. The first-order valence-electron chi connectivity index (χ1n) is 10.6. The van der Waals surface area contributed by atoms with E-state index in [1.54, 1.807) is 21.7 Å². The molecule has 6 rings (SSSR count). The molecule has 2 aliphatic rings. The van der Waals surface area contributed by atoms with E-state index in [1.807, 2.05) is 30.4 Å². The van der Waals surface area contributed by atoms with Crippen molar-refractivity contribution < 1.29 is 9.90 Å². The van der Waals surface area contributed by atoms with E-state index in [1.165, 1.54) is 11.3 Å². The molecule has 0 unspecified atom stereocenters. The van der Waals surface area contributed by atoms with E-state index in [0.717, 1.165) is 17.7 Å². The molecule has 1 aliphatic heterocycles. The topological polar surface area (TPSA) is 132 Å². The zero-order chi connectivity index (χ0) is 22.5. The number of aromatic amines is 2. The normalized spacial score (nSPS) is 17.0. The van der Waals surface area contributed by atoms with Crippen LogP contribution < -0.4 is 16.4 Å². The number of imidazole rings is 1. The first kappa shape index (κ1) is 19.7. The molecule has 4 aromatic rings. The number of hydrogen-bond donors (Lipinski definition) is 3. The number of carbonyl (C=O) groups is 1. The lowest BCUT2D eigenvalue weighted by molar-refractivity contribution is 0.0804. The second-order valence-corrected chi connectivity index (χ2v) is 9.11. The van der Waals surface area contributed by atoms with Crippen LogP contribution in [0.1, 0.15) is 28.2 Å². The van der Waals surface area contributed by atoms with Crippen LogP contribution in [0.4, 0.5) is 0 Å². The second-order valence-electron chi connectivity index (χ2n) is 8.03. The summed E-state index contributed by atoms with van der Waals surface area (Å²) in [4.78, 5) is 42.0. The number of carbonyl (C=O) groups excluding carboxylic acids is 1. The van der Waals surface area contributed by atoms with Crippen LogP contribution in [-0.2, 0) is 0 Å². The third-order valence-electron chi connectivity index (χ3n) is 5.55. The summed E-state index contributed by atoms with van der Waals surface area (Å²) in [5, 5.41) is 15.0. The Hall–Kier alpha value is -3.99. The van der Waals surface area contributed by atoms with E-state index in [9.17, 15) is 14.7 Å². The Morgan fingerprint density at radius 1 is 1.24 bits per heavy atom. The molecule has 1 saturated carbocycles. The molecule has 3 N–H and O–H groups in total. The molecule has 10 nitrogen and oxygen atoms in total. The summed E-state index contributed by atoms with van der Waals surface area (Å²) < 4.78 is 1.66. The van der Waals surface area contributed by atoms with Crippen LogP contribution in [0.2, 0.25) is 0 Å². The first-order valence-corrected chi connectivity index (χ1v) is 11.4. The maximum Gasteiger partial charge on any atom is 0.326 e. The van der Waals surface area contributed by atoms with Crippen molar-refractivity contribution >= 4 is 29.0 Å². The molecular weight excluding hydrogens is 442 g/mol. The molecule has 0 saturated heterocycles. The number of aromatic nitrogens is 5. The van der Waals surface area contributed by atoms with E-state index in [4.69, 9.17) is 9.98 Å². The van der Waals surface area contributed by atoms with Crippen LogP contribution in [0.5, 0.6) is 5.88 Å². The van der Waals surface area contributed by atoms with Crippen LogP contribution in [0.15, 0.2) is 46.3 Å². The molecule has 1 amide bonds. The van der Waals surface area contributed by atoms with E-state index in [2.05, 4.69) is 15.1 Å². The molecule has 5 heterocycles. The van der Waals surface area contributed by atoms with Crippen molar-refractivity contribution in [2.75, 3.05) is 13.1 Å². The van der Waals surface area contributed by atoms with E-state index < -0.39 is 5.69 Å². The average molecular weight is 462 g/mol. The molecule has 0 aromatic carbocycles. The van der Waals surface area contributed by atoms with Crippen molar-refractivity contribution in [3.63, 3.8) is 0 Å². The van der Waals surface area contributed by atoms with Gasteiger partial charge in [0.05, 0.1) is 27.7 Å². The van der Waals surface area contributed by atoms with Crippen molar-refractivity contribution in [2.45, 2.75) is 18.9 Å². The first-order chi connectivity index (χ1) is 16.0. The van der Waals surface area contributed by atoms with Gasteiger partial charge in [0.1, 0.15) is 5.69 Å². The molecule has 0 atom stereocenters. The average Bonchev–Trinajstić information content (AvgIpc) is 3.25. The summed E-state index contributed by atoms with van der Waals surface area (Å²) in [6.07, 6.45) is 9.28. The molecule has 1 fully saturated rings. The number of aromatic hydroxyl groups is 1. The predicted octanol–water partition coefficient (Wildman–Crippen LogP) is 0.803. The van der Waals surface area contributed by atoms with Gasteiger partial charge in [0.25, 0.3) is 5.91 Å². The van der Waals surface area contributed by atoms with Crippen molar-refractivity contribution in [1.29, 1.82) is 0 Å². The van der Waals surface area contributed by atoms with Crippen LogP contribution in [0.25, 0.3) is 22.3 Å². The molecule has 1 aliphatic carbocycles. The third-order valence-corrected chi connectivity index (χ3v) is 6.65. The van der Waals surface area contributed by atoms with Crippen molar-refractivity contribution in [3.8, 4) is 16.5 Å². The van der Waals surface area contributed by atoms with E-state index >= 15 is 0 Å². The van der Waals surface area contributed by atoms with Gasteiger partial charge in [-0.25, -0.2) is 9.78 Å². The molecule has 0 radical (unpaired) electrons. The monoisotopic (exact) mass is 461 g/mol.